The van der Waals surface area contributed by atoms with E-state index in [1.54, 1.807) is 13.3 Å². The zero-order valence-electron chi connectivity index (χ0n) is 10.2. The summed E-state index contributed by atoms with van der Waals surface area (Å²) >= 11 is 5.88. The maximum Gasteiger partial charge on any atom is 0.132 e. The molecule has 90 valence electrons. The van der Waals surface area contributed by atoms with Crippen molar-refractivity contribution >= 4 is 17.3 Å². The van der Waals surface area contributed by atoms with Gasteiger partial charge < -0.3 is 10.1 Å². The molecule has 0 amide bonds. The van der Waals surface area contributed by atoms with Gasteiger partial charge in [0.15, 0.2) is 0 Å². The molecule has 0 aliphatic heterocycles. The van der Waals surface area contributed by atoms with E-state index in [9.17, 15) is 0 Å². The minimum Gasteiger partial charge on any atom is -0.383 e. The van der Waals surface area contributed by atoms with Crippen LogP contribution in [0.5, 0.6) is 0 Å². The Kier molecular flexibility index (Phi) is 5.03. The van der Waals surface area contributed by atoms with Crippen molar-refractivity contribution in [3.8, 4) is 0 Å². The molecule has 3 nitrogen and oxygen atoms in total. The summed E-state index contributed by atoms with van der Waals surface area (Å²) in [5.74, 6) is 0.496. The van der Waals surface area contributed by atoms with Crippen LogP contribution in [0.1, 0.15) is 19.4 Å². The molecule has 0 aliphatic rings. The monoisotopic (exact) mass is 242 g/mol. The van der Waals surface area contributed by atoms with Crippen LogP contribution in [0.4, 0.5) is 5.69 Å². The van der Waals surface area contributed by atoms with Gasteiger partial charge >= 0.3 is 0 Å². The number of rotatable bonds is 5. The van der Waals surface area contributed by atoms with Crippen LogP contribution < -0.4 is 5.32 Å². The molecule has 0 saturated carbocycles. The fraction of sp³-hybridized carbons (Fsp3) is 0.583. The number of ether oxygens (including phenoxy) is 1. The van der Waals surface area contributed by atoms with Crippen LogP contribution in [0.2, 0.25) is 5.15 Å². The smallest absolute Gasteiger partial charge is 0.132 e. The van der Waals surface area contributed by atoms with Gasteiger partial charge in [-0.1, -0.05) is 25.4 Å². The Morgan fingerprint density at radius 3 is 2.69 bits per heavy atom. The highest BCUT2D eigenvalue weighted by atomic mass is 35.5. The summed E-state index contributed by atoms with van der Waals surface area (Å²) in [5.41, 5.74) is 1.96. The van der Waals surface area contributed by atoms with Gasteiger partial charge in [0.1, 0.15) is 5.15 Å². The lowest BCUT2D eigenvalue weighted by atomic mass is 10.1. The molecule has 0 bridgehead atoms. The quantitative estimate of drug-likeness (QED) is 0.806. The van der Waals surface area contributed by atoms with Gasteiger partial charge in [0, 0.05) is 7.11 Å². The largest absolute Gasteiger partial charge is 0.383 e. The fourth-order valence-corrected chi connectivity index (χ4v) is 1.53. The molecule has 1 aromatic rings. The summed E-state index contributed by atoms with van der Waals surface area (Å²) in [6.07, 6.45) is 1.75. The van der Waals surface area contributed by atoms with Crippen molar-refractivity contribution in [2.24, 2.45) is 5.92 Å². The predicted molar refractivity (Wildman–Crippen MR) is 68.1 cm³/mol. The first-order valence-corrected chi connectivity index (χ1v) is 5.80. The maximum atomic E-state index is 5.88. The third-order valence-corrected chi connectivity index (χ3v) is 2.91. The minimum atomic E-state index is 0.285. The Morgan fingerprint density at radius 1 is 1.50 bits per heavy atom. The molecule has 0 fully saturated rings. The van der Waals surface area contributed by atoms with Crippen molar-refractivity contribution in [2.75, 3.05) is 19.0 Å². The van der Waals surface area contributed by atoms with Crippen LogP contribution in [0.25, 0.3) is 0 Å². The molecule has 0 spiro atoms. The van der Waals surface area contributed by atoms with Gasteiger partial charge in [-0.2, -0.15) is 0 Å². The van der Waals surface area contributed by atoms with Crippen LogP contribution in [0.15, 0.2) is 12.3 Å². The molecular weight excluding hydrogens is 224 g/mol. The van der Waals surface area contributed by atoms with Crippen LogP contribution >= 0.6 is 11.6 Å². The van der Waals surface area contributed by atoms with Crippen LogP contribution in [-0.4, -0.2) is 24.7 Å². The second kappa shape index (κ2) is 6.06. The molecule has 1 heterocycles. The van der Waals surface area contributed by atoms with E-state index in [0.29, 0.717) is 17.7 Å². The van der Waals surface area contributed by atoms with Crippen molar-refractivity contribution in [1.29, 1.82) is 0 Å². The Balaban J connectivity index is 2.73. The average Bonchev–Trinajstić information content (AvgIpc) is 2.22. The number of hydrogen-bond acceptors (Lipinski definition) is 3. The lowest BCUT2D eigenvalue weighted by Crippen LogP contribution is -2.30. The van der Waals surface area contributed by atoms with Gasteiger partial charge in [0.2, 0.25) is 0 Å². The van der Waals surface area contributed by atoms with Crippen LogP contribution in [-0.2, 0) is 4.74 Å². The number of aromatic nitrogens is 1. The van der Waals surface area contributed by atoms with Crippen molar-refractivity contribution in [2.45, 2.75) is 26.8 Å². The first-order chi connectivity index (χ1) is 7.54. The van der Waals surface area contributed by atoms with Crippen molar-refractivity contribution in [3.05, 3.63) is 23.0 Å². The third kappa shape index (κ3) is 3.65. The molecule has 1 aromatic heterocycles. The van der Waals surface area contributed by atoms with E-state index in [2.05, 4.69) is 24.1 Å². The molecule has 1 atom stereocenters. The average molecular weight is 243 g/mol. The van der Waals surface area contributed by atoms with E-state index in [1.165, 1.54) is 0 Å². The van der Waals surface area contributed by atoms with E-state index in [4.69, 9.17) is 16.3 Å². The Hall–Kier alpha value is -0.800. The molecule has 1 unspecified atom stereocenters. The highest BCUT2D eigenvalue weighted by molar-refractivity contribution is 6.30. The second-order valence-electron chi connectivity index (χ2n) is 4.28. The summed E-state index contributed by atoms with van der Waals surface area (Å²) in [7, 11) is 1.71. The standard InChI is InChI=1S/C12H19ClN2O/c1-8(2)11(7-16-4)15-10-5-9(3)12(13)14-6-10/h5-6,8,11,15H,7H2,1-4H3. The highest BCUT2D eigenvalue weighted by Crippen LogP contribution is 2.18. The summed E-state index contributed by atoms with van der Waals surface area (Å²) < 4.78 is 5.18. The molecule has 4 heteroatoms. The predicted octanol–water partition coefficient (Wildman–Crippen LogP) is 3.13. The lowest BCUT2D eigenvalue weighted by Gasteiger charge is -2.22. The third-order valence-electron chi connectivity index (χ3n) is 2.52. The van der Waals surface area contributed by atoms with E-state index >= 15 is 0 Å². The Labute approximate surface area is 102 Å². The number of nitrogens with one attached hydrogen (secondary N) is 1. The molecular formula is C12H19ClN2O. The number of halogens is 1. The summed E-state index contributed by atoms with van der Waals surface area (Å²) in [6.45, 7) is 6.94. The van der Waals surface area contributed by atoms with Gasteiger partial charge in [-0.15, -0.1) is 0 Å². The van der Waals surface area contributed by atoms with Crippen molar-refractivity contribution in [1.82, 2.24) is 4.98 Å². The first kappa shape index (κ1) is 13.3. The molecule has 1 rings (SSSR count). The van der Waals surface area contributed by atoms with Gasteiger partial charge in [-0.25, -0.2) is 4.98 Å². The molecule has 1 N–H and O–H groups in total. The summed E-state index contributed by atoms with van der Waals surface area (Å²) in [4.78, 5) is 4.11. The molecule has 0 aliphatic carbocycles. The van der Waals surface area contributed by atoms with E-state index in [-0.39, 0.29) is 6.04 Å². The van der Waals surface area contributed by atoms with Gasteiger partial charge in [-0.3, -0.25) is 0 Å². The number of nitrogens with zero attached hydrogens (tertiary/aromatic N) is 1. The maximum absolute atomic E-state index is 5.88. The van der Waals surface area contributed by atoms with Gasteiger partial charge in [-0.05, 0) is 24.5 Å². The minimum absolute atomic E-state index is 0.285. The van der Waals surface area contributed by atoms with E-state index in [1.807, 2.05) is 13.0 Å². The SMILES string of the molecule is COCC(Nc1cnc(Cl)c(C)c1)C(C)C. The fourth-order valence-electron chi connectivity index (χ4n) is 1.43. The lowest BCUT2D eigenvalue weighted by molar-refractivity contribution is 0.171. The number of pyridine rings is 1. The molecule has 16 heavy (non-hydrogen) atoms. The Bertz CT molecular complexity index is 342. The highest BCUT2D eigenvalue weighted by Gasteiger charge is 2.13. The van der Waals surface area contributed by atoms with Crippen molar-refractivity contribution < 1.29 is 4.74 Å². The number of hydrogen-bond donors (Lipinski definition) is 1. The van der Waals surface area contributed by atoms with E-state index < -0.39 is 0 Å². The van der Waals surface area contributed by atoms with Crippen molar-refractivity contribution in [3.63, 3.8) is 0 Å². The zero-order chi connectivity index (χ0) is 12.1. The second-order valence-corrected chi connectivity index (χ2v) is 4.64. The topological polar surface area (TPSA) is 34.1 Å². The number of anilines is 1. The number of aryl methyl sites for hydroxylation is 1. The van der Waals surface area contributed by atoms with Crippen LogP contribution in [0, 0.1) is 12.8 Å². The Morgan fingerprint density at radius 2 is 2.19 bits per heavy atom. The first-order valence-electron chi connectivity index (χ1n) is 5.42. The molecule has 0 saturated heterocycles. The zero-order valence-corrected chi connectivity index (χ0v) is 11.0. The summed E-state index contributed by atoms with van der Waals surface area (Å²) in [5, 5.41) is 3.96. The summed E-state index contributed by atoms with van der Waals surface area (Å²) in [6, 6.07) is 2.28. The normalized spacial score (nSPS) is 12.9. The number of methoxy groups -OCH3 is 1. The molecule has 0 radical (unpaired) electrons. The van der Waals surface area contributed by atoms with Gasteiger partial charge in [0.05, 0.1) is 24.5 Å². The van der Waals surface area contributed by atoms with E-state index in [0.717, 1.165) is 11.3 Å². The van der Waals surface area contributed by atoms with Crippen LogP contribution in [0.3, 0.4) is 0 Å². The molecule has 0 aromatic carbocycles. The van der Waals surface area contributed by atoms with Gasteiger partial charge in [0.25, 0.3) is 0 Å².